The van der Waals surface area contributed by atoms with Crippen LogP contribution in [0.5, 0.6) is 0 Å². The SMILES string of the molecule is O=C(NCC1CCCO1)C1CCN(c2ccc(-c3cccs3)nn2)CC1. The predicted octanol–water partition coefficient (Wildman–Crippen LogP) is 2.72. The first-order valence-corrected chi connectivity index (χ1v) is 10.2. The van der Waals surface area contributed by atoms with E-state index in [0.717, 1.165) is 61.8 Å². The fourth-order valence-electron chi connectivity index (χ4n) is 3.58. The van der Waals surface area contributed by atoms with Gasteiger partial charge in [-0.2, -0.15) is 0 Å². The van der Waals surface area contributed by atoms with Crippen molar-refractivity contribution < 1.29 is 9.53 Å². The Morgan fingerprint density at radius 2 is 2.12 bits per heavy atom. The summed E-state index contributed by atoms with van der Waals surface area (Å²) < 4.78 is 5.56. The van der Waals surface area contributed by atoms with Crippen molar-refractivity contribution in [1.82, 2.24) is 15.5 Å². The van der Waals surface area contributed by atoms with Crippen LogP contribution in [0.2, 0.25) is 0 Å². The third kappa shape index (κ3) is 4.04. The molecule has 1 atom stereocenters. The number of carbonyl (C=O) groups is 1. The molecule has 4 heterocycles. The molecule has 2 aromatic heterocycles. The number of hydrogen-bond acceptors (Lipinski definition) is 6. The predicted molar refractivity (Wildman–Crippen MR) is 102 cm³/mol. The first-order chi connectivity index (χ1) is 12.8. The van der Waals surface area contributed by atoms with Crippen LogP contribution in [0.15, 0.2) is 29.6 Å². The average Bonchev–Trinajstić information content (AvgIpc) is 3.40. The van der Waals surface area contributed by atoms with E-state index in [1.165, 1.54) is 0 Å². The van der Waals surface area contributed by atoms with Crippen molar-refractivity contribution >= 4 is 23.1 Å². The minimum absolute atomic E-state index is 0.0889. The summed E-state index contributed by atoms with van der Waals surface area (Å²) in [6, 6.07) is 8.12. The quantitative estimate of drug-likeness (QED) is 0.874. The van der Waals surface area contributed by atoms with Crippen LogP contribution in [0.3, 0.4) is 0 Å². The Labute approximate surface area is 157 Å². The van der Waals surface area contributed by atoms with Gasteiger partial charge >= 0.3 is 0 Å². The van der Waals surface area contributed by atoms with Crippen LogP contribution < -0.4 is 10.2 Å². The fourth-order valence-corrected chi connectivity index (χ4v) is 4.27. The molecule has 138 valence electrons. The first-order valence-electron chi connectivity index (χ1n) is 9.31. The topological polar surface area (TPSA) is 67.3 Å². The molecule has 2 fully saturated rings. The standard InChI is InChI=1S/C19H24N4O2S/c24-19(20-13-15-3-1-11-25-15)14-7-9-23(10-8-14)18-6-5-16(21-22-18)17-4-2-12-26-17/h2,4-6,12,14-15H,1,3,7-11,13H2,(H,20,24). The Balaban J connectivity index is 1.27. The molecule has 2 aliphatic heterocycles. The van der Waals surface area contributed by atoms with Gasteiger partial charge in [-0.05, 0) is 49.3 Å². The van der Waals surface area contributed by atoms with Gasteiger partial charge in [-0.3, -0.25) is 4.79 Å². The lowest BCUT2D eigenvalue weighted by Gasteiger charge is -2.32. The van der Waals surface area contributed by atoms with Crippen molar-refractivity contribution in [2.24, 2.45) is 5.92 Å². The number of hydrogen-bond donors (Lipinski definition) is 1. The van der Waals surface area contributed by atoms with Gasteiger partial charge in [0.1, 0.15) is 5.69 Å². The van der Waals surface area contributed by atoms with E-state index in [-0.39, 0.29) is 17.9 Å². The molecule has 26 heavy (non-hydrogen) atoms. The Kier molecular flexibility index (Phi) is 5.45. The van der Waals surface area contributed by atoms with E-state index in [1.54, 1.807) is 11.3 Å². The van der Waals surface area contributed by atoms with Gasteiger partial charge < -0.3 is 15.0 Å². The van der Waals surface area contributed by atoms with Crippen molar-refractivity contribution in [3.8, 4) is 10.6 Å². The normalized spacial score (nSPS) is 21.1. The molecule has 0 bridgehead atoms. The number of nitrogens with one attached hydrogen (secondary N) is 1. The van der Waals surface area contributed by atoms with Crippen LogP contribution in [-0.2, 0) is 9.53 Å². The van der Waals surface area contributed by atoms with Crippen LogP contribution in [0.4, 0.5) is 5.82 Å². The maximum atomic E-state index is 12.4. The molecule has 0 saturated carbocycles. The fraction of sp³-hybridized carbons (Fsp3) is 0.526. The highest BCUT2D eigenvalue weighted by Gasteiger charge is 2.26. The number of piperidine rings is 1. The molecule has 1 unspecified atom stereocenters. The minimum atomic E-state index is 0.0889. The number of thiophene rings is 1. The van der Waals surface area contributed by atoms with Crippen LogP contribution >= 0.6 is 11.3 Å². The Morgan fingerprint density at radius 3 is 2.77 bits per heavy atom. The second-order valence-corrected chi connectivity index (χ2v) is 7.84. The number of aromatic nitrogens is 2. The van der Waals surface area contributed by atoms with Crippen LogP contribution in [0, 0.1) is 5.92 Å². The summed E-state index contributed by atoms with van der Waals surface area (Å²) in [7, 11) is 0. The first kappa shape index (κ1) is 17.4. The van der Waals surface area contributed by atoms with E-state index in [4.69, 9.17) is 4.74 Å². The summed E-state index contributed by atoms with van der Waals surface area (Å²) in [5, 5.41) is 13.8. The van der Waals surface area contributed by atoms with E-state index >= 15 is 0 Å². The Bertz CT molecular complexity index is 706. The number of nitrogens with zero attached hydrogens (tertiary/aromatic N) is 3. The summed E-state index contributed by atoms with van der Waals surface area (Å²) in [6.45, 7) is 3.15. The molecule has 0 aromatic carbocycles. The summed E-state index contributed by atoms with van der Waals surface area (Å²) in [5.74, 6) is 1.15. The second-order valence-electron chi connectivity index (χ2n) is 6.90. The number of ether oxygens (including phenoxy) is 1. The van der Waals surface area contributed by atoms with Crippen molar-refractivity contribution in [1.29, 1.82) is 0 Å². The lowest BCUT2D eigenvalue weighted by Crippen LogP contribution is -2.42. The molecule has 2 aromatic rings. The summed E-state index contributed by atoms with van der Waals surface area (Å²) in [6.07, 6.45) is 4.07. The monoisotopic (exact) mass is 372 g/mol. The molecule has 2 saturated heterocycles. The van der Waals surface area contributed by atoms with E-state index in [1.807, 2.05) is 23.6 Å². The molecule has 0 aliphatic carbocycles. The summed E-state index contributed by atoms with van der Waals surface area (Å²) >= 11 is 1.67. The molecule has 0 radical (unpaired) electrons. The van der Waals surface area contributed by atoms with Crippen LogP contribution in [-0.4, -0.2) is 48.4 Å². The molecule has 2 aliphatic rings. The maximum Gasteiger partial charge on any atom is 0.223 e. The molecule has 4 rings (SSSR count). The van der Waals surface area contributed by atoms with Crippen molar-refractivity contribution in [3.63, 3.8) is 0 Å². The molecule has 6 nitrogen and oxygen atoms in total. The maximum absolute atomic E-state index is 12.4. The van der Waals surface area contributed by atoms with Gasteiger partial charge in [-0.1, -0.05) is 6.07 Å². The van der Waals surface area contributed by atoms with Gasteiger partial charge in [-0.25, -0.2) is 0 Å². The molecule has 7 heteroatoms. The number of amides is 1. The lowest BCUT2D eigenvalue weighted by atomic mass is 9.96. The van der Waals surface area contributed by atoms with Gasteiger partial charge in [0.2, 0.25) is 5.91 Å². The number of rotatable bonds is 5. The largest absolute Gasteiger partial charge is 0.376 e. The van der Waals surface area contributed by atoms with Gasteiger partial charge in [-0.15, -0.1) is 21.5 Å². The highest BCUT2D eigenvalue weighted by atomic mass is 32.1. The van der Waals surface area contributed by atoms with Crippen LogP contribution in [0.25, 0.3) is 10.6 Å². The van der Waals surface area contributed by atoms with E-state index in [9.17, 15) is 4.79 Å². The van der Waals surface area contributed by atoms with Gasteiger partial charge in [0.15, 0.2) is 5.82 Å². The lowest BCUT2D eigenvalue weighted by molar-refractivity contribution is -0.126. The second kappa shape index (κ2) is 8.14. The zero-order chi connectivity index (χ0) is 17.8. The third-order valence-corrected chi connectivity index (χ3v) is 6.03. The van der Waals surface area contributed by atoms with Gasteiger partial charge in [0.25, 0.3) is 0 Å². The number of carbonyl (C=O) groups excluding carboxylic acids is 1. The highest BCUT2D eigenvalue weighted by Crippen LogP contribution is 2.25. The molecule has 0 spiro atoms. The average molecular weight is 372 g/mol. The highest BCUT2D eigenvalue weighted by molar-refractivity contribution is 7.13. The smallest absolute Gasteiger partial charge is 0.223 e. The zero-order valence-corrected chi connectivity index (χ0v) is 15.6. The van der Waals surface area contributed by atoms with Crippen molar-refractivity contribution in [2.45, 2.75) is 31.8 Å². The van der Waals surface area contributed by atoms with Crippen LogP contribution in [0.1, 0.15) is 25.7 Å². The minimum Gasteiger partial charge on any atom is -0.376 e. The molecular weight excluding hydrogens is 348 g/mol. The molecular formula is C19H24N4O2S. The molecule has 1 N–H and O–H groups in total. The Morgan fingerprint density at radius 1 is 1.23 bits per heavy atom. The van der Waals surface area contributed by atoms with E-state index < -0.39 is 0 Å². The van der Waals surface area contributed by atoms with E-state index in [2.05, 4.69) is 26.5 Å². The molecule has 1 amide bonds. The van der Waals surface area contributed by atoms with Gasteiger partial charge in [0, 0.05) is 32.2 Å². The van der Waals surface area contributed by atoms with E-state index in [0.29, 0.717) is 6.54 Å². The van der Waals surface area contributed by atoms with Gasteiger partial charge in [0.05, 0.1) is 11.0 Å². The number of anilines is 1. The zero-order valence-electron chi connectivity index (χ0n) is 14.8. The third-order valence-electron chi connectivity index (χ3n) is 5.14. The van der Waals surface area contributed by atoms with Crippen molar-refractivity contribution in [2.75, 3.05) is 31.1 Å². The summed E-state index contributed by atoms with van der Waals surface area (Å²) in [4.78, 5) is 15.7. The Hall–Kier alpha value is -1.99. The summed E-state index contributed by atoms with van der Waals surface area (Å²) in [5.41, 5.74) is 0.909. The van der Waals surface area contributed by atoms with Crippen molar-refractivity contribution in [3.05, 3.63) is 29.6 Å².